The molecule has 1 aromatic carbocycles. The number of hydrogen-bond donors (Lipinski definition) is 3. The molecule has 0 bridgehead atoms. The molecule has 6 heteroatoms. The van der Waals surface area contributed by atoms with Crippen LogP contribution in [-0.4, -0.2) is 27.9 Å². The summed E-state index contributed by atoms with van der Waals surface area (Å²) < 4.78 is 0. The maximum absolute atomic E-state index is 10.5. The summed E-state index contributed by atoms with van der Waals surface area (Å²) in [6.45, 7) is 0. The predicted octanol–water partition coefficient (Wildman–Crippen LogP) is 0.510. The molecule has 1 aromatic rings. The van der Waals surface area contributed by atoms with Crippen molar-refractivity contribution in [2.24, 2.45) is 4.99 Å². The molecule has 0 atom stereocenters. The molecule has 15 heavy (non-hydrogen) atoms. The molecular weight excluding hydrogens is 200 g/mol. The zero-order valence-electron chi connectivity index (χ0n) is 7.54. The lowest BCUT2D eigenvalue weighted by Gasteiger charge is -1.99. The van der Waals surface area contributed by atoms with Gasteiger partial charge in [0.2, 0.25) is 5.71 Å². The number of benzene rings is 1. The van der Waals surface area contributed by atoms with E-state index in [9.17, 15) is 9.59 Å². The number of nitrogens with zero attached hydrogens (tertiary/aromatic N) is 1. The van der Waals surface area contributed by atoms with Crippen LogP contribution in [0.1, 0.15) is 0 Å². The maximum atomic E-state index is 10.5. The predicted molar refractivity (Wildman–Crippen MR) is 53.2 cm³/mol. The lowest BCUT2D eigenvalue weighted by molar-refractivity contribution is -0.134. The fourth-order valence-corrected chi connectivity index (χ4v) is 0.897. The van der Waals surface area contributed by atoms with Crippen molar-refractivity contribution in [2.45, 2.75) is 0 Å². The van der Waals surface area contributed by atoms with Gasteiger partial charge in [-0.2, -0.15) is 0 Å². The molecular formula is C9H8N2O4. The van der Waals surface area contributed by atoms with Crippen LogP contribution in [0.4, 0.5) is 11.4 Å². The Labute approximate surface area is 84.7 Å². The van der Waals surface area contributed by atoms with Crippen molar-refractivity contribution < 1.29 is 19.8 Å². The summed E-state index contributed by atoms with van der Waals surface area (Å²) in [5, 5.41) is 17.1. The summed E-state index contributed by atoms with van der Waals surface area (Å²) in [6.07, 6.45) is 0. The monoisotopic (exact) mass is 208 g/mol. The molecule has 0 fully saturated rings. The van der Waals surface area contributed by atoms with Gasteiger partial charge in [0.1, 0.15) is 0 Å². The van der Waals surface area contributed by atoms with Crippen molar-refractivity contribution in [1.82, 2.24) is 0 Å². The average molecular weight is 208 g/mol. The van der Waals surface area contributed by atoms with Crippen molar-refractivity contribution in [2.75, 3.05) is 5.73 Å². The van der Waals surface area contributed by atoms with E-state index in [4.69, 9.17) is 15.9 Å². The van der Waals surface area contributed by atoms with Gasteiger partial charge in [-0.25, -0.2) is 14.6 Å². The van der Waals surface area contributed by atoms with Gasteiger partial charge in [-0.15, -0.1) is 0 Å². The number of aliphatic carboxylic acids is 2. The van der Waals surface area contributed by atoms with E-state index < -0.39 is 17.7 Å². The van der Waals surface area contributed by atoms with Gasteiger partial charge in [0, 0.05) is 0 Å². The molecule has 78 valence electrons. The van der Waals surface area contributed by atoms with Crippen molar-refractivity contribution in [1.29, 1.82) is 0 Å². The van der Waals surface area contributed by atoms with Gasteiger partial charge in [0.05, 0.1) is 11.4 Å². The van der Waals surface area contributed by atoms with Crippen LogP contribution in [0, 0.1) is 0 Å². The standard InChI is InChI=1S/C9H8N2O4/c10-5-3-1-2-4-6(5)11-7(8(12)13)9(14)15/h1-4H,10H2,(H,12,13)(H,14,15). The number of nitrogen functional groups attached to an aromatic ring is 1. The third-order valence-electron chi connectivity index (χ3n) is 1.57. The van der Waals surface area contributed by atoms with E-state index >= 15 is 0 Å². The maximum Gasteiger partial charge on any atom is 0.362 e. The van der Waals surface area contributed by atoms with E-state index in [1.807, 2.05) is 0 Å². The summed E-state index contributed by atoms with van der Waals surface area (Å²) in [4.78, 5) is 24.5. The van der Waals surface area contributed by atoms with Crippen LogP contribution in [0.2, 0.25) is 0 Å². The number of nitrogens with two attached hydrogens (primary N) is 1. The molecule has 0 radical (unpaired) electrons. The highest BCUT2D eigenvalue weighted by Crippen LogP contribution is 2.20. The van der Waals surface area contributed by atoms with E-state index in [-0.39, 0.29) is 11.4 Å². The summed E-state index contributed by atoms with van der Waals surface area (Å²) in [7, 11) is 0. The topological polar surface area (TPSA) is 113 Å². The van der Waals surface area contributed by atoms with Crippen LogP contribution >= 0.6 is 0 Å². The van der Waals surface area contributed by atoms with E-state index in [0.717, 1.165) is 0 Å². The first kappa shape index (κ1) is 10.7. The summed E-state index contributed by atoms with van der Waals surface area (Å²) >= 11 is 0. The smallest absolute Gasteiger partial charge is 0.362 e. The highest BCUT2D eigenvalue weighted by molar-refractivity contribution is 6.62. The third kappa shape index (κ3) is 2.53. The molecule has 0 saturated heterocycles. The number of para-hydroxylation sites is 2. The summed E-state index contributed by atoms with van der Waals surface area (Å²) in [5.41, 5.74) is 4.85. The minimum absolute atomic E-state index is 0.123. The Morgan fingerprint density at radius 2 is 1.67 bits per heavy atom. The molecule has 0 heterocycles. The first-order chi connectivity index (χ1) is 7.02. The molecule has 0 amide bonds. The largest absolute Gasteiger partial charge is 0.476 e. The number of carbonyl (C=O) groups is 2. The van der Waals surface area contributed by atoms with Crippen LogP contribution in [0.3, 0.4) is 0 Å². The van der Waals surface area contributed by atoms with Gasteiger partial charge in [-0.3, -0.25) is 0 Å². The highest BCUT2D eigenvalue weighted by atomic mass is 16.4. The van der Waals surface area contributed by atoms with Gasteiger partial charge >= 0.3 is 11.9 Å². The number of rotatable bonds is 3. The van der Waals surface area contributed by atoms with Gasteiger partial charge in [-0.1, -0.05) is 12.1 Å². The molecule has 0 aliphatic rings. The Bertz CT molecular complexity index is 423. The van der Waals surface area contributed by atoms with Crippen LogP contribution in [-0.2, 0) is 9.59 Å². The van der Waals surface area contributed by atoms with E-state index in [0.29, 0.717) is 0 Å². The fraction of sp³-hybridized carbons (Fsp3) is 0. The fourth-order valence-electron chi connectivity index (χ4n) is 0.897. The quantitative estimate of drug-likeness (QED) is 0.380. The van der Waals surface area contributed by atoms with Crippen LogP contribution in [0.25, 0.3) is 0 Å². The molecule has 0 aliphatic heterocycles. The van der Waals surface area contributed by atoms with Gasteiger partial charge in [-0.05, 0) is 12.1 Å². The van der Waals surface area contributed by atoms with Crippen LogP contribution < -0.4 is 5.73 Å². The van der Waals surface area contributed by atoms with Crippen molar-refractivity contribution in [3.8, 4) is 0 Å². The molecule has 0 unspecified atom stereocenters. The molecule has 0 aliphatic carbocycles. The lowest BCUT2D eigenvalue weighted by Crippen LogP contribution is -2.22. The first-order valence-corrected chi connectivity index (χ1v) is 3.92. The Kier molecular flexibility index (Phi) is 3.02. The third-order valence-corrected chi connectivity index (χ3v) is 1.57. The summed E-state index contributed by atoms with van der Waals surface area (Å²) in [6, 6.07) is 6.15. The first-order valence-electron chi connectivity index (χ1n) is 3.92. The molecule has 0 spiro atoms. The molecule has 0 aromatic heterocycles. The highest BCUT2D eigenvalue weighted by Gasteiger charge is 2.18. The molecule has 4 N–H and O–H groups in total. The SMILES string of the molecule is Nc1ccccc1N=C(C(=O)O)C(=O)O. The van der Waals surface area contributed by atoms with Crippen molar-refractivity contribution in [3.05, 3.63) is 24.3 Å². The minimum Gasteiger partial charge on any atom is -0.476 e. The van der Waals surface area contributed by atoms with E-state index in [1.165, 1.54) is 12.1 Å². The number of carboxylic acids is 2. The Hall–Kier alpha value is -2.37. The zero-order valence-corrected chi connectivity index (χ0v) is 7.54. The average Bonchev–Trinajstić information content (AvgIpc) is 2.15. The lowest BCUT2D eigenvalue weighted by atomic mass is 10.2. The second-order valence-electron chi connectivity index (χ2n) is 2.63. The second kappa shape index (κ2) is 4.23. The van der Waals surface area contributed by atoms with Crippen LogP contribution in [0.5, 0.6) is 0 Å². The van der Waals surface area contributed by atoms with E-state index in [1.54, 1.807) is 12.1 Å². The Balaban J connectivity index is 3.19. The second-order valence-corrected chi connectivity index (χ2v) is 2.63. The van der Waals surface area contributed by atoms with Gasteiger partial charge in [0.25, 0.3) is 0 Å². The minimum atomic E-state index is -1.61. The zero-order chi connectivity index (χ0) is 11.4. The van der Waals surface area contributed by atoms with Crippen molar-refractivity contribution in [3.63, 3.8) is 0 Å². The number of aliphatic imine (C=N–C) groups is 1. The molecule has 6 nitrogen and oxygen atoms in total. The summed E-state index contributed by atoms with van der Waals surface area (Å²) in [5.74, 6) is -3.21. The van der Waals surface area contributed by atoms with Crippen molar-refractivity contribution >= 4 is 29.0 Å². The van der Waals surface area contributed by atoms with Gasteiger partial charge in [0.15, 0.2) is 0 Å². The molecule has 0 saturated carbocycles. The molecule has 1 rings (SSSR count). The number of anilines is 1. The Morgan fingerprint density at radius 3 is 2.13 bits per heavy atom. The van der Waals surface area contributed by atoms with Gasteiger partial charge < -0.3 is 15.9 Å². The number of hydrogen-bond acceptors (Lipinski definition) is 4. The Morgan fingerprint density at radius 1 is 1.13 bits per heavy atom. The van der Waals surface area contributed by atoms with Crippen LogP contribution in [0.15, 0.2) is 29.3 Å². The normalized spacial score (nSPS) is 9.33. The van der Waals surface area contributed by atoms with E-state index in [2.05, 4.69) is 4.99 Å². The number of carboxylic acid groups (broad SMARTS) is 2.